The van der Waals surface area contributed by atoms with Gasteiger partial charge in [-0.2, -0.15) is 4.31 Å². The second-order valence-electron chi connectivity index (χ2n) is 8.37. The van der Waals surface area contributed by atoms with E-state index in [1.165, 1.54) is 5.57 Å². The van der Waals surface area contributed by atoms with Crippen LogP contribution in [0.2, 0.25) is 5.02 Å². The summed E-state index contributed by atoms with van der Waals surface area (Å²) in [5.74, 6) is 0.347. The van der Waals surface area contributed by atoms with Crippen molar-refractivity contribution in [2.75, 3.05) is 13.1 Å². The zero-order chi connectivity index (χ0) is 21.6. The van der Waals surface area contributed by atoms with E-state index in [9.17, 15) is 8.42 Å². The second kappa shape index (κ2) is 8.16. The Morgan fingerprint density at radius 2 is 1.73 bits per heavy atom. The summed E-state index contributed by atoms with van der Waals surface area (Å²) in [5.41, 5.74) is 5.28. The number of nitrogens with zero attached hydrogens (tertiary/aromatic N) is 1. The van der Waals surface area contributed by atoms with Crippen molar-refractivity contribution >= 4 is 33.2 Å². The summed E-state index contributed by atoms with van der Waals surface area (Å²) in [6.45, 7) is 6.63. The average Bonchev–Trinajstić information content (AvgIpc) is 2.69. The minimum absolute atomic E-state index is 0.156. The number of rotatable bonds is 4. The van der Waals surface area contributed by atoms with Gasteiger partial charge >= 0.3 is 0 Å². The summed E-state index contributed by atoms with van der Waals surface area (Å²) in [6, 6.07) is 14.9. The van der Waals surface area contributed by atoms with Crippen LogP contribution in [0.1, 0.15) is 37.3 Å². The molecule has 2 atom stereocenters. The van der Waals surface area contributed by atoms with Crippen LogP contribution in [-0.2, 0) is 10.0 Å². The summed E-state index contributed by atoms with van der Waals surface area (Å²) < 4.78 is 28.3. The lowest BCUT2D eigenvalue weighted by Gasteiger charge is -2.47. The zero-order valence-electron chi connectivity index (χ0n) is 17.3. The molecule has 0 aromatic heterocycles. The molecule has 2 aromatic rings. The molecule has 2 aromatic carbocycles. The zero-order valence-corrected chi connectivity index (χ0v) is 19.7. The maximum Gasteiger partial charge on any atom is 0.243 e. The van der Waals surface area contributed by atoms with Crippen molar-refractivity contribution in [3.8, 4) is 0 Å². The van der Waals surface area contributed by atoms with Crippen molar-refractivity contribution in [2.24, 2.45) is 5.92 Å². The first-order valence-corrected chi connectivity index (χ1v) is 12.3. The molecule has 0 amide bonds. The van der Waals surface area contributed by atoms with E-state index in [0.717, 1.165) is 33.7 Å². The maximum atomic E-state index is 13.3. The molecule has 0 saturated heterocycles. The van der Waals surface area contributed by atoms with E-state index >= 15 is 0 Å². The van der Waals surface area contributed by atoms with Gasteiger partial charge in [-0.25, -0.2) is 8.42 Å². The molecule has 0 unspecified atom stereocenters. The molecule has 0 bridgehead atoms. The number of benzene rings is 2. The minimum atomic E-state index is -3.59. The number of aryl methyl sites for hydroxylation is 1. The fraction of sp³-hybridized carbons (Fsp3) is 0.333. The maximum absolute atomic E-state index is 13.3. The van der Waals surface area contributed by atoms with E-state index in [4.69, 9.17) is 23.2 Å². The van der Waals surface area contributed by atoms with Crippen molar-refractivity contribution in [2.45, 2.75) is 38.0 Å². The average molecular weight is 462 g/mol. The molecule has 0 N–H and O–H groups in total. The molecule has 1 fully saturated rings. The van der Waals surface area contributed by atoms with E-state index in [1.54, 1.807) is 16.4 Å². The highest BCUT2D eigenvalue weighted by molar-refractivity contribution is 7.89. The van der Waals surface area contributed by atoms with Gasteiger partial charge in [0.25, 0.3) is 0 Å². The number of fused-ring (bicyclic) bond motifs is 1. The van der Waals surface area contributed by atoms with Gasteiger partial charge in [0, 0.05) is 29.1 Å². The van der Waals surface area contributed by atoms with Crippen LogP contribution >= 0.6 is 23.2 Å². The molecule has 3 nitrogen and oxygen atoms in total. The van der Waals surface area contributed by atoms with Gasteiger partial charge in [-0.1, -0.05) is 70.2 Å². The summed E-state index contributed by atoms with van der Waals surface area (Å²) in [5, 5.41) is 1.41. The van der Waals surface area contributed by atoms with E-state index in [1.807, 2.05) is 51.1 Å². The lowest BCUT2D eigenvalue weighted by molar-refractivity contribution is 0.275. The van der Waals surface area contributed by atoms with Crippen molar-refractivity contribution < 1.29 is 8.42 Å². The summed E-state index contributed by atoms with van der Waals surface area (Å²) >= 11 is 13.2. The van der Waals surface area contributed by atoms with Crippen LogP contribution in [0.4, 0.5) is 0 Å². The summed E-state index contributed by atoms with van der Waals surface area (Å²) in [4.78, 5) is 0.325. The van der Waals surface area contributed by atoms with E-state index < -0.39 is 10.0 Å². The van der Waals surface area contributed by atoms with Crippen LogP contribution in [0.3, 0.4) is 0 Å². The highest BCUT2D eigenvalue weighted by atomic mass is 35.5. The monoisotopic (exact) mass is 461 g/mol. The van der Waals surface area contributed by atoms with Gasteiger partial charge in [0.05, 0.1) is 4.90 Å². The number of hydrogen-bond donors (Lipinski definition) is 0. The number of hydrogen-bond acceptors (Lipinski definition) is 2. The molecular formula is C24H25Cl2NO2S. The number of sulfonamides is 1. The highest BCUT2D eigenvalue weighted by Crippen LogP contribution is 2.54. The Hall–Kier alpha value is -1.59. The van der Waals surface area contributed by atoms with Gasteiger partial charge in [-0.05, 0) is 62.4 Å². The van der Waals surface area contributed by atoms with Crippen molar-refractivity contribution in [1.82, 2.24) is 4.31 Å². The molecule has 1 aliphatic carbocycles. The molecule has 0 radical (unpaired) electrons. The molecule has 1 saturated carbocycles. The van der Waals surface area contributed by atoms with E-state index in [0.29, 0.717) is 16.5 Å². The van der Waals surface area contributed by atoms with Gasteiger partial charge in [0.2, 0.25) is 10.0 Å². The quantitative estimate of drug-likeness (QED) is 0.536. The second-order valence-corrected chi connectivity index (χ2v) is 11.1. The van der Waals surface area contributed by atoms with Gasteiger partial charge < -0.3 is 0 Å². The van der Waals surface area contributed by atoms with Crippen LogP contribution in [-0.4, -0.2) is 25.8 Å². The minimum Gasteiger partial charge on any atom is -0.207 e. The van der Waals surface area contributed by atoms with Crippen molar-refractivity contribution in [3.63, 3.8) is 0 Å². The van der Waals surface area contributed by atoms with Crippen molar-refractivity contribution in [3.05, 3.63) is 86.4 Å². The Labute approximate surface area is 189 Å². The fourth-order valence-electron chi connectivity index (χ4n) is 4.46. The number of allylic oxidation sites excluding steroid dienone is 1. The third kappa shape index (κ3) is 3.75. The van der Waals surface area contributed by atoms with Crippen LogP contribution in [0.15, 0.2) is 75.2 Å². The van der Waals surface area contributed by atoms with Crippen LogP contribution in [0.25, 0.3) is 0 Å². The Morgan fingerprint density at radius 1 is 1.07 bits per heavy atom. The molecule has 1 heterocycles. The first kappa shape index (κ1) is 21.6. The van der Waals surface area contributed by atoms with Gasteiger partial charge in [0.1, 0.15) is 0 Å². The first-order valence-electron chi connectivity index (χ1n) is 10.1. The smallest absolute Gasteiger partial charge is 0.207 e. The van der Waals surface area contributed by atoms with Gasteiger partial charge in [0.15, 0.2) is 0 Å². The Morgan fingerprint density at radius 3 is 2.37 bits per heavy atom. The lowest BCUT2D eigenvalue weighted by atomic mass is 9.63. The summed E-state index contributed by atoms with van der Waals surface area (Å²) in [6.07, 6.45) is 0.870. The number of halogens is 2. The highest BCUT2D eigenvalue weighted by Gasteiger charge is 2.46. The molecule has 2 aliphatic rings. The Kier molecular flexibility index (Phi) is 5.88. The standard InChI is InChI=1S/C24H25Cl2NO2S/c1-15(2)24(26)21-14-27(30(28,29)18-10-8-16(3)9-11-18)13-17-12-20(23(17)21)19-6-4-5-7-22(19)25/h4-11,17,20H,12-14H2,1-3H3/t17-,20+/m1/s1. The third-order valence-electron chi connectivity index (χ3n) is 6.09. The predicted octanol–water partition coefficient (Wildman–Crippen LogP) is 6.29. The van der Waals surface area contributed by atoms with Crippen LogP contribution in [0.5, 0.6) is 0 Å². The lowest BCUT2D eigenvalue weighted by Crippen LogP contribution is -2.47. The fourth-order valence-corrected chi connectivity index (χ4v) is 6.35. The molecule has 4 rings (SSSR count). The van der Waals surface area contributed by atoms with Gasteiger partial charge in [-0.15, -0.1) is 0 Å². The van der Waals surface area contributed by atoms with Crippen LogP contribution < -0.4 is 0 Å². The first-order chi connectivity index (χ1) is 14.2. The normalized spacial score (nSPS) is 21.8. The predicted molar refractivity (Wildman–Crippen MR) is 123 cm³/mol. The van der Waals surface area contributed by atoms with Crippen molar-refractivity contribution in [1.29, 1.82) is 0 Å². The topological polar surface area (TPSA) is 37.4 Å². The Bertz CT molecular complexity index is 1150. The van der Waals surface area contributed by atoms with Gasteiger partial charge in [-0.3, -0.25) is 0 Å². The molecule has 30 heavy (non-hydrogen) atoms. The molecule has 158 valence electrons. The largest absolute Gasteiger partial charge is 0.243 e. The molecule has 6 heteroatoms. The molecule has 1 aliphatic heterocycles. The molecule has 0 spiro atoms. The Balaban J connectivity index is 1.75. The van der Waals surface area contributed by atoms with E-state index in [2.05, 4.69) is 6.07 Å². The van der Waals surface area contributed by atoms with Crippen LogP contribution in [0, 0.1) is 12.8 Å². The summed E-state index contributed by atoms with van der Waals surface area (Å²) in [7, 11) is -3.59. The molecular weight excluding hydrogens is 437 g/mol. The van der Waals surface area contributed by atoms with E-state index in [-0.39, 0.29) is 18.4 Å². The SMILES string of the molecule is CC(C)=C(Cl)C1=C2[C@H](C[C@H]2c2ccccc2Cl)CN(S(=O)(=O)c2ccc(C)cc2)C1. The third-order valence-corrected chi connectivity index (χ3v) is 8.86.